The number of anilines is 4. The molecule has 1 saturated heterocycles. The van der Waals surface area contributed by atoms with Crippen molar-refractivity contribution in [3.05, 3.63) is 146 Å². The van der Waals surface area contributed by atoms with E-state index in [1.54, 1.807) is 32.3 Å². The number of benzene rings is 4. The first-order chi connectivity index (χ1) is 40.7. The van der Waals surface area contributed by atoms with Gasteiger partial charge in [-0.25, -0.2) is 4.98 Å². The van der Waals surface area contributed by atoms with Gasteiger partial charge in [0, 0.05) is 114 Å². The van der Waals surface area contributed by atoms with Crippen molar-refractivity contribution in [3.63, 3.8) is 0 Å². The quantitative estimate of drug-likeness (QED) is 0.0399. The Labute approximate surface area is 491 Å². The lowest BCUT2D eigenvalue weighted by atomic mass is 9.57. The number of carbonyl (C=O) groups is 5. The number of primary amides is 1. The summed E-state index contributed by atoms with van der Waals surface area (Å²) in [6.45, 7) is 6.05. The fraction of sp³-hybridized carbons (Fsp3) is 0.387. The number of nitrogens with two attached hydrogens (primary N) is 1. The molecule has 4 aromatic carbocycles. The number of phenolic OH excluding ortho intramolecular Hbond substituents is 3. The molecule has 0 spiro atoms. The molecule has 3 heterocycles. The normalized spacial score (nSPS) is 21.1. The van der Waals surface area contributed by atoms with Crippen molar-refractivity contribution in [1.29, 1.82) is 0 Å². The van der Waals surface area contributed by atoms with Gasteiger partial charge in [0.15, 0.2) is 11.4 Å². The summed E-state index contributed by atoms with van der Waals surface area (Å²) in [5.74, 6) is -7.22. The van der Waals surface area contributed by atoms with Crippen LogP contribution in [-0.4, -0.2) is 204 Å². The van der Waals surface area contributed by atoms with Gasteiger partial charge in [-0.15, -0.1) is 0 Å². The van der Waals surface area contributed by atoms with E-state index in [1.807, 2.05) is 25.2 Å². The van der Waals surface area contributed by atoms with E-state index in [4.69, 9.17) is 15.9 Å². The van der Waals surface area contributed by atoms with Crippen LogP contribution in [0.5, 0.6) is 17.2 Å². The molecule has 4 aliphatic carbocycles. The van der Waals surface area contributed by atoms with Gasteiger partial charge < -0.3 is 82.6 Å². The molecular formula is C62H74N10O13. The fourth-order valence-electron chi connectivity index (χ4n) is 12.8. The van der Waals surface area contributed by atoms with E-state index in [0.717, 1.165) is 31.7 Å². The summed E-state index contributed by atoms with van der Waals surface area (Å²) >= 11 is 0. The number of amides is 1. The Morgan fingerprint density at radius 2 is 1.29 bits per heavy atom. The van der Waals surface area contributed by atoms with Crippen LogP contribution in [0, 0.1) is 11.8 Å². The molecule has 23 nitrogen and oxygen atoms in total. The van der Waals surface area contributed by atoms with E-state index >= 15 is 0 Å². The van der Waals surface area contributed by atoms with E-state index < -0.39 is 69.6 Å². The molecular weight excluding hydrogens is 1090 g/mol. The number of hydrogen-bond acceptors (Lipinski definition) is 22. The second-order valence-electron chi connectivity index (χ2n) is 22.4. The minimum Gasteiger partial charge on any atom is -0.508 e. The highest BCUT2D eigenvalue weighted by molar-refractivity contribution is 6.33. The van der Waals surface area contributed by atoms with Gasteiger partial charge >= 0.3 is 0 Å². The zero-order valence-corrected chi connectivity index (χ0v) is 48.1. The number of likely N-dealkylation sites (N-methyl/N-ethyl adjacent to an activating group) is 2. The fourth-order valence-corrected chi connectivity index (χ4v) is 12.8. The van der Waals surface area contributed by atoms with Crippen LogP contribution in [0.25, 0.3) is 5.76 Å². The second kappa shape index (κ2) is 25.4. The summed E-state index contributed by atoms with van der Waals surface area (Å²) in [5, 5.41) is 94.5. The van der Waals surface area contributed by atoms with E-state index in [1.165, 1.54) is 45.6 Å². The number of Topliss-reactive ketones (excluding diaryl/α,β-unsaturated/α-hetero) is 2. The van der Waals surface area contributed by atoms with Crippen LogP contribution in [0.4, 0.5) is 22.9 Å². The lowest BCUT2D eigenvalue weighted by Gasteiger charge is -2.50. The Bertz CT molecular complexity index is 3430. The zero-order valence-electron chi connectivity index (χ0n) is 48.1. The van der Waals surface area contributed by atoms with Crippen LogP contribution in [-0.2, 0) is 27.2 Å². The molecule has 1 amide bonds. The Balaban J connectivity index is 0.000000157. The molecule has 0 radical (unpaired) electrons. The van der Waals surface area contributed by atoms with Crippen molar-refractivity contribution in [3.8, 4) is 17.2 Å². The number of piperazine rings is 1. The average Bonchev–Trinajstić information content (AvgIpc) is 1.13. The monoisotopic (exact) mass is 1170 g/mol. The number of ketones is 4. The molecule has 5 aromatic rings. The second-order valence-corrected chi connectivity index (χ2v) is 22.4. The topological polar surface area (TPSA) is 347 Å². The summed E-state index contributed by atoms with van der Waals surface area (Å²) in [6, 6.07) is 21.3. The predicted octanol–water partition coefficient (Wildman–Crippen LogP) is 2.37. The highest BCUT2D eigenvalue weighted by Crippen LogP contribution is 2.54. The maximum atomic E-state index is 13.7. The smallest absolute Gasteiger partial charge is 0.255 e. The third-order valence-corrected chi connectivity index (χ3v) is 16.7. The van der Waals surface area contributed by atoms with Gasteiger partial charge in [0.2, 0.25) is 17.3 Å². The number of hydrogen-bond donors (Lipinski definition) is 13. The Morgan fingerprint density at radius 3 is 1.87 bits per heavy atom. The number of fused-ring (bicyclic) bond motifs is 10. The van der Waals surface area contributed by atoms with Gasteiger partial charge in [0.05, 0.1) is 53.1 Å². The number of aliphatic hydroxyl groups excluding tert-OH is 4. The maximum Gasteiger partial charge on any atom is 0.255 e. The largest absolute Gasteiger partial charge is 0.508 e. The van der Waals surface area contributed by atoms with Crippen LogP contribution < -0.4 is 36.8 Å². The third kappa shape index (κ3) is 11.4. The molecule has 2 aliphatic heterocycles. The number of pyridine rings is 1. The SMILES string of the molecule is CN(C)c1ccc(O)c2c1C[C@H]1C[C@H]3[C@H](N(C)C)C(=O)C(C(N)=O)=C(O)[C@@]3(O)C(=O)C1=C2O.CN1CCN2c3ncccc3Cc3ccccc3C2C1.O=C1c2c(O)ccc(O)c2C(=O)c2c(NCCNCCO)ccc(NCCNCCO)c21. The number of rotatable bonds is 15. The van der Waals surface area contributed by atoms with Gasteiger partial charge in [-0.05, 0) is 105 Å². The molecule has 5 atom stereocenters. The Kier molecular flexibility index (Phi) is 18.3. The summed E-state index contributed by atoms with van der Waals surface area (Å²) in [4.78, 5) is 78.3. The van der Waals surface area contributed by atoms with Crippen molar-refractivity contribution in [2.24, 2.45) is 17.6 Å². The number of aromatic nitrogens is 1. The number of aliphatic hydroxyl groups is 5. The van der Waals surface area contributed by atoms with Gasteiger partial charge in [-0.3, -0.25) is 28.9 Å². The number of aromatic hydroxyl groups is 3. The highest BCUT2D eigenvalue weighted by Gasteiger charge is 2.64. The summed E-state index contributed by atoms with van der Waals surface area (Å²) in [7, 11) is 8.96. The lowest BCUT2D eigenvalue weighted by Crippen LogP contribution is -2.65. The van der Waals surface area contributed by atoms with Gasteiger partial charge in [0.1, 0.15) is 40.2 Å². The number of carbonyl (C=O) groups excluding carboxylic acids is 5. The molecule has 6 aliphatic rings. The van der Waals surface area contributed by atoms with Crippen molar-refractivity contribution in [2.75, 3.05) is 128 Å². The molecule has 11 rings (SSSR count). The number of nitrogens with one attached hydrogen (secondary N) is 4. The summed E-state index contributed by atoms with van der Waals surface area (Å²) < 4.78 is 0. The van der Waals surface area contributed by atoms with Crippen molar-refractivity contribution < 1.29 is 64.8 Å². The van der Waals surface area contributed by atoms with Crippen molar-refractivity contribution >= 4 is 57.7 Å². The van der Waals surface area contributed by atoms with Crippen LogP contribution in [0.15, 0.2) is 95.9 Å². The highest BCUT2D eigenvalue weighted by atomic mass is 16.3. The summed E-state index contributed by atoms with van der Waals surface area (Å²) in [6.07, 6.45) is 3.24. The van der Waals surface area contributed by atoms with Crippen LogP contribution in [0.3, 0.4) is 0 Å². The lowest BCUT2D eigenvalue weighted by molar-refractivity contribution is -0.153. The molecule has 85 heavy (non-hydrogen) atoms. The number of nitrogens with zero attached hydrogens (tertiary/aromatic N) is 5. The van der Waals surface area contributed by atoms with E-state index in [-0.39, 0.29) is 76.7 Å². The van der Waals surface area contributed by atoms with E-state index in [2.05, 4.69) is 79.5 Å². The van der Waals surface area contributed by atoms with Crippen LogP contribution >= 0.6 is 0 Å². The standard InChI is InChI=1S/C23H27N3O7.C22H28N4O6.C17H19N3/c1-25(2)12-5-6-13(27)15-10(12)7-9-8-11-17(26(3)4)19(29)16(22(24)32)21(31)23(11,33)20(30)14(9)18(15)28;27-11-9-23-5-7-25-13-1-2-14(26-8-6-24-10-12-28)18-17(13)21(31)19-15(29)3-4-16(30)20(19)22(18)32;1-19-9-10-20-16(12-19)15-7-3-2-5-13(15)11-14-6-4-8-18-17(14)20/h5-6,9,11,17,27-28,31,33H,7-8H2,1-4H3,(H2,24,32);1-4,23-30H,5-12H2;2-8,16H,9-12H2,1H3/t9-,11-,17-,23-;;/m0../s1. The first-order valence-corrected chi connectivity index (χ1v) is 28.2. The van der Waals surface area contributed by atoms with Crippen molar-refractivity contribution in [2.45, 2.75) is 36.9 Å². The van der Waals surface area contributed by atoms with Gasteiger partial charge in [-0.2, -0.15) is 0 Å². The van der Waals surface area contributed by atoms with Crippen LogP contribution in [0.1, 0.15) is 72.1 Å². The van der Waals surface area contributed by atoms with Gasteiger partial charge in [-0.1, -0.05) is 30.3 Å². The van der Waals surface area contributed by atoms with Gasteiger partial charge in [0.25, 0.3) is 5.91 Å². The maximum absolute atomic E-state index is 13.7. The van der Waals surface area contributed by atoms with Crippen molar-refractivity contribution in [1.82, 2.24) is 25.4 Å². The zero-order chi connectivity index (χ0) is 61.2. The van der Waals surface area contributed by atoms with E-state index in [9.17, 15) is 54.6 Å². The minimum absolute atomic E-state index is 0.00939. The van der Waals surface area contributed by atoms with Crippen LogP contribution in [0.2, 0.25) is 0 Å². The summed E-state index contributed by atoms with van der Waals surface area (Å²) in [5.41, 5.74) is 8.10. The molecule has 23 heteroatoms. The number of phenols is 3. The van der Waals surface area contributed by atoms with E-state index in [0.29, 0.717) is 62.2 Å². The molecule has 1 aromatic heterocycles. The third-order valence-electron chi connectivity index (χ3n) is 16.7. The predicted molar refractivity (Wildman–Crippen MR) is 320 cm³/mol. The molecule has 2 fully saturated rings. The molecule has 1 saturated carbocycles. The first-order valence-electron chi connectivity index (χ1n) is 28.2. The Hall–Kier alpha value is -8.42. The first kappa shape index (κ1) is 61.1. The minimum atomic E-state index is -2.63. The average molecular weight is 1170 g/mol. The molecule has 1 unspecified atom stereocenters. The Morgan fingerprint density at radius 1 is 0.718 bits per heavy atom. The molecule has 0 bridgehead atoms. The molecule has 14 N–H and O–H groups in total. The molecule has 450 valence electrons.